The number of rotatable bonds is 5. The Bertz CT molecular complexity index is 719. The molecule has 0 unspecified atom stereocenters. The minimum Gasteiger partial charge on any atom is -0.494 e. The van der Waals surface area contributed by atoms with Crippen LogP contribution in [0, 0.1) is 5.92 Å². The van der Waals surface area contributed by atoms with Gasteiger partial charge in [0.25, 0.3) is 0 Å². The number of aromatic nitrogens is 1. The van der Waals surface area contributed by atoms with E-state index in [-0.39, 0.29) is 10.8 Å². The van der Waals surface area contributed by atoms with Gasteiger partial charge in [0.05, 0.1) is 16.5 Å². The summed E-state index contributed by atoms with van der Waals surface area (Å²) < 4.78 is 5.87. The normalized spacial score (nSPS) is 15.7. The van der Waals surface area contributed by atoms with Crippen LogP contribution in [0.2, 0.25) is 5.02 Å². The SMILES string of the molecule is O=c1[nH]c(O)c(Cc2ccc(OCC3CCCCC3)c(Cl)c2)s1. The summed E-state index contributed by atoms with van der Waals surface area (Å²) in [6.07, 6.45) is 6.87. The summed E-state index contributed by atoms with van der Waals surface area (Å²) in [6, 6.07) is 5.63. The number of aromatic hydroxyl groups is 1. The molecule has 0 amide bonds. The molecule has 124 valence electrons. The molecule has 1 aliphatic carbocycles. The fourth-order valence-corrected chi connectivity index (χ4v) is 4.01. The molecule has 0 bridgehead atoms. The maximum atomic E-state index is 11.2. The highest BCUT2D eigenvalue weighted by molar-refractivity contribution is 7.09. The van der Waals surface area contributed by atoms with Gasteiger partial charge in [-0.1, -0.05) is 48.3 Å². The van der Waals surface area contributed by atoms with E-state index in [1.54, 1.807) is 0 Å². The minimum atomic E-state index is -0.254. The van der Waals surface area contributed by atoms with Crippen LogP contribution in [0.4, 0.5) is 0 Å². The number of hydrogen-bond donors (Lipinski definition) is 2. The highest BCUT2D eigenvalue weighted by Crippen LogP contribution is 2.30. The van der Waals surface area contributed by atoms with Crippen LogP contribution >= 0.6 is 22.9 Å². The first-order valence-electron chi connectivity index (χ1n) is 7.94. The topological polar surface area (TPSA) is 62.3 Å². The van der Waals surface area contributed by atoms with E-state index in [9.17, 15) is 9.90 Å². The van der Waals surface area contributed by atoms with Gasteiger partial charge in [-0.2, -0.15) is 0 Å². The van der Waals surface area contributed by atoms with Crippen LogP contribution in [-0.4, -0.2) is 16.7 Å². The smallest absolute Gasteiger partial charge is 0.307 e. The van der Waals surface area contributed by atoms with Gasteiger partial charge in [-0.3, -0.25) is 9.78 Å². The number of nitrogens with one attached hydrogen (secondary N) is 1. The van der Waals surface area contributed by atoms with Crippen molar-refractivity contribution < 1.29 is 9.84 Å². The Labute approximate surface area is 144 Å². The zero-order valence-corrected chi connectivity index (χ0v) is 14.4. The molecule has 1 saturated carbocycles. The molecule has 0 atom stereocenters. The first-order valence-corrected chi connectivity index (χ1v) is 9.13. The lowest BCUT2D eigenvalue weighted by Crippen LogP contribution is -2.15. The lowest BCUT2D eigenvalue weighted by Gasteiger charge is -2.22. The molecule has 0 radical (unpaired) electrons. The molecule has 3 rings (SSSR count). The Balaban J connectivity index is 1.63. The fraction of sp³-hybridized carbons (Fsp3) is 0.471. The Morgan fingerprint density at radius 2 is 2.09 bits per heavy atom. The number of hydrogen-bond acceptors (Lipinski definition) is 4. The van der Waals surface area contributed by atoms with Crippen molar-refractivity contribution in [3.05, 3.63) is 43.3 Å². The van der Waals surface area contributed by atoms with Crippen LogP contribution in [0.3, 0.4) is 0 Å². The van der Waals surface area contributed by atoms with E-state index in [0.29, 0.717) is 28.0 Å². The molecule has 1 aromatic carbocycles. The van der Waals surface area contributed by atoms with E-state index < -0.39 is 0 Å². The van der Waals surface area contributed by atoms with Crippen molar-refractivity contribution in [2.45, 2.75) is 38.5 Å². The van der Waals surface area contributed by atoms with Gasteiger partial charge in [-0.05, 0) is 36.5 Å². The number of ether oxygens (including phenoxy) is 1. The summed E-state index contributed by atoms with van der Waals surface area (Å²) in [6.45, 7) is 0.722. The van der Waals surface area contributed by atoms with Gasteiger partial charge in [0.1, 0.15) is 5.75 Å². The van der Waals surface area contributed by atoms with Crippen molar-refractivity contribution in [3.63, 3.8) is 0 Å². The maximum Gasteiger partial charge on any atom is 0.307 e. The maximum absolute atomic E-state index is 11.2. The minimum absolute atomic E-state index is 0.0613. The second-order valence-corrected chi connectivity index (χ2v) is 7.52. The van der Waals surface area contributed by atoms with Crippen LogP contribution in [0.1, 0.15) is 42.5 Å². The van der Waals surface area contributed by atoms with E-state index in [4.69, 9.17) is 16.3 Å². The van der Waals surface area contributed by atoms with Gasteiger partial charge in [0.2, 0.25) is 5.88 Å². The fourth-order valence-electron chi connectivity index (χ4n) is 2.99. The molecule has 1 fully saturated rings. The largest absolute Gasteiger partial charge is 0.494 e. The average molecular weight is 354 g/mol. The summed E-state index contributed by atoms with van der Waals surface area (Å²) >= 11 is 7.32. The van der Waals surface area contributed by atoms with Crippen molar-refractivity contribution in [1.29, 1.82) is 0 Å². The number of thiazole rings is 1. The zero-order valence-electron chi connectivity index (χ0n) is 12.8. The van der Waals surface area contributed by atoms with Crippen molar-refractivity contribution in [3.8, 4) is 11.6 Å². The van der Waals surface area contributed by atoms with Crippen molar-refractivity contribution in [2.24, 2.45) is 5.92 Å². The lowest BCUT2D eigenvalue weighted by molar-refractivity contribution is 0.209. The molecular weight excluding hydrogens is 334 g/mol. The highest BCUT2D eigenvalue weighted by atomic mass is 35.5. The standard InChI is InChI=1S/C17H20ClNO3S/c18-13-8-12(9-15-16(20)19-17(21)23-15)6-7-14(13)22-10-11-4-2-1-3-5-11/h6-8,11,20H,1-5,9-10H2,(H,19,21). The van der Waals surface area contributed by atoms with Crippen LogP contribution in [-0.2, 0) is 6.42 Å². The van der Waals surface area contributed by atoms with Gasteiger partial charge in [0, 0.05) is 6.42 Å². The molecule has 4 nitrogen and oxygen atoms in total. The van der Waals surface area contributed by atoms with Crippen molar-refractivity contribution in [2.75, 3.05) is 6.61 Å². The molecule has 0 spiro atoms. The molecule has 0 saturated heterocycles. The molecule has 23 heavy (non-hydrogen) atoms. The summed E-state index contributed by atoms with van der Waals surface area (Å²) in [5, 5.41) is 10.2. The van der Waals surface area contributed by atoms with Gasteiger partial charge < -0.3 is 9.84 Å². The molecule has 2 aromatic rings. The first-order chi connectivity index (χ1) is 11.1. The Kier molecular flexibility index (Phi) is 5.28. The lowest BCUT2D eigenvalue weighted by atomic mass is 9.90. The van der Waals surface area contributed by atoms with Gasteiger partial charge >= 0.3 is 4.87 Å². The summed E-state index contributed by atoms with van der Waals surface area (Å²) in [5.41, 5.74) is 0.936. The average Bonchev–Trinajstić information content (AvgIpc) is 2.85. The second-order valence-electron chi connectivity index (χ2n) is 6.04. The van der Waals surface area contributed by atoms with Gasteiger partial charge in [-0.25, -0.2) is 0 Å². The zero-order chi connectivity index (χ0) is 16.2. The monoisotopic (exact) mass is 353 g/mol. The number of halogens is 1. The number of benzene rings is 1. The third kappa shape index (κ3) is 4.30. The predicted molar refractivity (Wildman–Crippen MR) is 92.9 cm³/mol. The van der Waals surface area contributed by atoms with Crippen molar-refractivity contribution >= 4 is 22.9 Å². The Morgan fingerprint density at radius 1 is 1.30 bits per heavy atom. The first kappa shape index (κ1) is 16.4. The van der Waals surface area contributed by atoms with E-state index in [2.05, 4.69) is 4.98 Å². The summed E-state index contributed by atoms with van der Waals surface area (Å²) in [7, 11) is 0. The molecule has 1 aliphatic rings. The predicted octanol–water partition coefficient (Wildman–Crippen LogP) is 4.35. The quantitative estimate of drug-likeness (QED) is 0.840. The number of H-pyrrole nitrogens is 1. The van der Waals surface area contributed by atoms with E-state index >= 15 is 0 Å². The van der Waals surface area contributed by atoms with Crippen LogP contribution < -0.4 is 9.61 Å². The summed E-state index contributed by atoms with van der Waals surface area (Å²) in [5.74, 6) is 1.27. The Morgan fingerprint density at radius 3 is 2.74 bits per heavy atom. The van der Waals surface area contributed by atoms with Gasteiger partial charge in [0.15, 0.2) is 0 Å². The van der Waals surface area contributed by atoms with E-state index in [1.165, 1.54) is 32.1 Å². The second kappa shape index (κ2) is 7.41. The van der Waals surface area contributed by atoms with Crippen LogP contribution in [0.25, 0.3) is 0 Å². The van der Waals surface area contributed by atoms with Crippen LogP contribution in [0.5, 0.6) is 11.6 Å². The van der Waals surface area contributed by atoms with E-state index in [0.717, 1.165) is 23.5 Å². The number of aromatic amines is 1. The highest BCUT2D eigenvalue weighted by Gasteiger charge is 2.15. The summed E-state index contributed by atoms with van der Waals surface area (Å²) in [4.78, 5) is 13.9. The third-order valence-electron chi connectivity index (χ3n) is 4.26. The molecular formula is C17H20ClNO3S. The molecule has 1 heterocycles. The van der Waals surface area contributed by atoms with Crippen LogP contribution in [0.15, 0.2) is 23.0 Å². The molecule has 2 N–H and O–H groups in total. The molecule has 1 aromatic heterocycles. The van der Waals surface area contributed by atoms with Crippen molar-refractivity contribution in [1.82, 2.24) is 4.98 Å². The Hall–Kier alpha value is -1.46. The van der Waals surface area contributed by atoms with Gasteiger partial charge in [-0.15, -0.1) is 0 Å². The molecule has 0 aliphatic heterocycles. The molecule has 6 heteroatoms. The third-order valence-corrected chi connectivity index (χ3v) is 5.43. The van der Waals surface area contributed by atoms with E-state index in [1.807, 2.05) is 18.2 Å².